The van der Waals surface area contributed by atoms with Crippen LogP contribution in [0.3, 0.4) is 0 Å². The van der Waals surface area contributed by atoms with E-state index in [1.54, 1.807) is 12.1 Å². The van der Waals surface area contributed by atoms with E-state index in [2.05, 4.69) is 10.2 Å². The number of aromatic nitrogens is 3. The van der Waals surface area contributed by atoms with Gasteiger partial charge in [0, 0.05) is 21.9 Å². The number of anilines is 2. The predicted octanol–water partition coefficient (Wildman–Crippen LogP) is 2.45. The summed E-state index contributed by atoms with van der Waals surface area (Å²) in [7, 11) is 0. The SMILES string of the molecule is [2H]Oc1ccc(N([2H])C(=O)/C([2H])=C2/c3nn([2H])c[n+]3-c3ccc(Cl)cc3N2[2H])cc1. The second-order valence-electron chi connectivity index (χ2n) is 5.15. The van der Waals surface area contributed by atoms with Crippen LogP contribution in [0, 0.1) is 0 Å². The molecule has 124 valence electrons. The molecule has 1 aliphatic heterocycles. The number of carbonyl (C=O) groups excluding carboxylic acids is 1. The Hall–Kier alpha value is -3.32. The van der Waals surface area contributed by atoms with E-state index in [0.717, 1.165) is 10.4 Å². The van der Waals surface area contributed by atoms with Gasteiger partial charge in [-0.15, -0.1) is 5.09 Å². The Morgan fingerprint density at radius 1 is 1.44 bits per heavy atom. The number of amides is 1. The van der Waals surface area contributed by atoms with E-state index < -0.39 is 12.0 Å². The van der Waals surface area contributed by atoms with Crippen LogP contribution >= 0.6 is 11.6 Å². The minimum Gasteiger partial charge on any atom is -0.508 e. The monoisotopic (exact) mass is 359 g/mol. The number of benzene rings is 2. The summed E-state index contributed by atoms with van der Waals surface area (Å²) in [6.07, 6.45) is 1.32. The predicted molar refractivity (Wildman–Crippen MR) is 93.5 cm³/mol. The van der Waals surface area contributed by atoms with Gasteiger partial charge in [-0.05, 0) is 42.5 Å². The number of rotatable bonds is 3. The Labute approximate surface area is 154 Å². The number of phenols is 1. The van der Waals surface area contributed by atoms with Gasteiger partial charge in [0.25, 0.3) is 7.34 Å². The van der Waals surface area contributed by atoms with E-state index >= 15 is 0 Å². The Morgan fingerprint density at radius 3 is 3.08 bits per heavy atom. The lowest BCUT2D eigenvalue weighted by Gasteiger charge is -2.17. The van der Waals surface area contributed by atoms with Gasteiger partial charge < -0.3 is 15.7 Å². The van der Waals surface area contributed by atoms with Crippen molar-refractivity contribution < 1.29 is 20.1 Å². The highest BCUT2D eigenvalue weighted by atomic mass is 35.5. The highest BCUT2D eigenvalue weighted by Gasteiger charge is 2.28. The quantitative estimate of drug-likeness (QED) is 0.328. The van der Waals surface area contributed by atoms with Gasteiger partial charge in [-0.25, -0.2) is 0 Å². The van der Waals surface area contributed by atoms with Crippen molar-refractivity contribution in [1.82, 2.24) is 10.2 Å². The molecular formula is C17H13ClN5O2+. The molecule has 8 heteroatoms. The minimum absolute atomic E-state index is 0.0273. The topological polar surface area (TPSA) is 93.9 Å². The van der Waals surface area contributed by atoms with Crippen molar-refractivity contribution in [2.75, 3.05) is 10.6 Å². The maximum absolute atomic E-state index is 12.8. The number of carbonyl (C=O) groups is 1. The van der Waals surface area contributed by atoms with Gasteiger partial charge in [0.2, 0.25) is 6.33 Å². The molecule has 7 nitrogen and oxygen atoms in total. The fraction of sp³-hybridized carbons (Fsp3) is 0. The number of hydrogen-bond donors (Lipinski definition) is 4. The number of halogens is 1. The zero-order valence-corrected chi connectivity index (χ0v) is 13.3. The molecule has 0 saturated carbocycles. The van der Waals surface area contributed by atoms with Crippen LogP contribution in [0.25, 0.3) is 11.4 Å². The second kappa shape index (κ2) is 5.95. The number of phenolic OH excluding ortho intramolecular Hbond substituents is 1. The van der Waals surface area contributed by atoms with Crippen LogP contribution in [-0.4, -0.2) is 22.6 Å². The summed E-state index contributed by atoms with van der Waals surface area (Å²) in [6, 6.07) is 9.66. The minimum atomic E-state index is -1.02. The van der Waals surface area contributed by atoms with Crippen LogP contribution in [0.4, 0.5) is 11.4 Å². The number of fused-ring (bicyclic) bond motifs is 3. The third-order valence-corrected chi connectivity index (χ3v) is 3.72. The van der Waals surface area contributed by atoms with Gasteiger partial charge in [-0.3, -0.25) is 4.79 Å². The zero-order chi connectivity index (χ0) is 21.6. The molecule has 2 heterocycles. The van der Waals surface area contributed by atoms with Gasteiger partial charge >= 0.3 is 7.24 Å². The van der Waals surface area contributed by atoms with Crippen molar-refractivity contribution in [2.45, 2.75) is 0 Å². The van der Waals surface area contributed by atoms with Gasteiger partial charge in [0.05, 0.1) is 7.06 Å². The molecule has 25 heavy (non-hydrogen) atoms. The molecule has 1 aliphatic rings. The van der Waals surface area contributed by atoms with E-state index in [-0.39, 0.29) is 28.6 Å². The molecule has 0 radical (unpaired) electrons. The summed E-state index contributed by atoms with van der Waals surface area (Å²) in [5.41, 5.74) is 0.722. The second-order valence-corrected chi connectivity index (χ2v) is 5.59. The molecular weight excluding hydrogens is 342 g/mol. The highest BCUT2D eigenvalue weighted by molar-refractivity contribution is 6.31. The molecule has 0 atom stereocenters. The Bertz CT molecular complexity index is 1180. The molecule has 0 saturated heterocycles. The Kier molecular flexibility index (Phi) is 2.51. The number of aromatic amines is 1. The summed E-state index contributed by atoms with van der Waals surface area (Å²) in [5.74, 6) is -0.762. The molecule has 1 amide bonds. The summed E-state index contributed by atoms with van der Waals surface area (Å²) in [6.45, 7) is 0. The molecule has 3 aromatic rings. The van der Waals surface area contributed by atoms with Crippen molar-refractivity contribution in [3.8, 4) is 11.4 Å². The first-order chi connectivity index (χ1) is 14.3. The normalized spacial score (nSPS) is 17.2. The van der Waals surface area contributed by atoms with Crippen LogP contribution < -0.4 is 15.2 Å². The van der Waals surface area contributed by atoms with Crippen LogP contribution in [0.5, 0.6) is 5.75 Å². The average Bonchev–Trinajstić information content (AvgIpc) is 3.13. The maximum Gasteiger partial charge on any atom is 0.330 e. The van der Waals surface area contributed by atoms with Gasteiger partial charge in [-0.1, -0.05) is 11.6 Å². The van der Waals surface area contributed by atoms with E-state index in [1.807, 2.05) is 0 Å². The number of nitrogens with one attached hydrogen (secondary N) is 3. The lowest BCUT2D eigenvalue weighted by molar-refractivity contribution is -0.598. The average molecular weight is 360 g/mol. The summed E-state index contributed by atoms with van der Waals surface area (Å²) < 4.78 is 41.1. The number of nitrogens with zero attached hydrogens (tertiary/aromatic N) is 2. The van der Waals surface area contributed by atoms with Crippen molar-refractivity contribution in [1.29, 1.82) is 1.43 Å². The fourth-order valence-electron chi connectivity index (χ4n) is 2.38. The molecule has 0 unspecified atom stereocenters. The van der Waals surface area contributed by atoms with Crippen LogP contribution in [0.1, 0.15) is 7.20 Å². The third kappa shape index (κ3) is 2.92. The first-order valence-corrected chi connectivity index (χ1v) is 7.57. The zero-order valence-electron chi connectivity index (χ0n) is 17.5. The molecule has 0 aliphatic carbocycles. The summed E-state index contributed by atoms with van der Waals surface area (Å²) in [5, 5.41) is 10.7. The van der Waals surface area contributed by atoms with Crippen LogP contribution in [0.2, 0.25) is 9.26 Å². The lowest BCUT2D eigenvalue weighted by atomic mass is 10.2. The fourth-order valence-corrected chi connectivity index (χ4v) is 2.55. The molecule has 0 fully saturated rings. The number of H-pyrrole nitrogens is 1. The van der Waals surface area contributed by atoms with E-state index in [4.69, 9.17) is 18.6 Å². The van der Waals surface area contributed by atoms with Gasteiger partial charge in [0.1, 0.15) is 17.1 Å². The van der Waals surface area contributed by atoms with Crippen molar-refractivity contribution >= 4 is 34.6 Å². The third-order valence-electron chi connectivity index (χ3n) is 3.48. The van der Waals surface area contributed by atoms with Crippen LogP contribution in [0.15, 0.2) is 54.8 Å². The molecule has 4 N–H and O–H groups in total. The number of aromatic hydroxyl groups is 1. The maximum atomic E-state index is 12.8. The standard InChI is InChI=1S/C17H12ClN5O2/c18-10-1-6-15-13(7-10)21-14(17-22-19-9-23(15)17)8-16(25)20-11-2-4-12(24)5-3-11/h1-9H,(H3,20,21,22,24,25)/p+1/i8D/hD4. The van der Waals surface area contributed by atoms with Crippen molar-refractivity contribution in [3.05, 3.63) is 65.7 Å². The molecule has 2 aromatic carbocycles. The Balaban J connectivity index is 1.81. The van der Waals surface area contributed by atoms with Crippen molar-refractivity contribution in [3.63, 3.8) is 0 Å². The van der Waals surface area contributed by atoms with Gasteiger partial charge in [-0.2, -0.15) is 4.57 Å². The molecule has 0 bridgehead atoms. The first-order valence-electron chi connectivity index (χ1n) is 9.44. The van der Waals surface area contributed by atoms with Gasteiger partial charge in [0.15, 0.2) is 2.82 Å². The summed E-state index contributed by atoms with van der Waals surface area (Å²) in [4.78, 5) is 12.8. The van der Waals surface area contributed by atoms with Crippen LogP contribution in [-0.2, 0) is 4.79 Å². The molecule has 1 aromatic heterocycles. The smallest absolute Gasteiger partial charge is 0.330 e. The summed E-state index contributed by atoms with van der Waals surface area (Å²) >= 11 is 6.05. The lowest BCUT2D eigenvalue weighted by Crippen LogP contribution is -2.38. The van der Waals surface area contributed by atoms with Crippen molar-refractivity contribution in [2.24, 2.45) is 0 Å². The number of hydrogen-bond acceptors (Lipinski definition) is 4. The Morgan fingerprint density at radius 2 is 2.28 bits per heavy atom. The molecule has 4 rings (SSSR count). The van der Waals surface area contributed by atoms with E-state index in [9.17, 15) is 4.79 Å². The first kappa shape index (κ1) is 10.5. The highest BCUT2D eigenvalue weighted by Crippen LogP contribution is 2.28. The van der Waals surface area contributed by atoms with E-state index in [1.165, 1.54) is 41.2 Å². The largest absolute Gasteiger partial charge is 0.508 e. The molecule has 0 spiro atoms. The van der Waals surface area contributed by atoms with E-state index in [0.29, 0.717) is 16.0 Å².